The molecule has 1 amide bonds. The van der Waals surface area contributed by atoms with Crippen LogP contribution in [0, 0.1) is 12.8 Å². The second-order valence-electron chi connectivity index (χ2n) is 5.38. The molecule has 0 bridgehead atoms. The summed E-state index contributed by atoms with van der Waals surface area (Å²) in [5.41, 5.74) is -0.390. The molecule has 0 saturated carbocycles. The van der Waals surface area contributed by atoms with Gasteiger partial charge >= 0.3 is 6.09 Å². The third-order valence-corrected chi connectivity index (χ3v) is 2.91. The van der Waals surface area contributed by atoms with Crippen LogP contribution in [0.3, 0.4) is 0 Å². The summed E-state index contributed by atoms with van der Waals surface area (Å²) in [5, 5.41) is 3.33. The number of carbonyl (C=O) groups excluding carboxylic acids is 1. The van der Waals surface area contributed by atoms with Gasteiger partial charge in [-0.25, -0.2) is 4.79 Å². The molecule has 0 saturated heterocycles. The number of nitrogens with one attached hydrogen (secondary N) is 1. The molecule has 0 aromatic carbocycles. The second-order valence-corrected chi connectivity index (χ2v) is 7.07. The van der Waals surface area contributed by atoms with Crippen LogP contribution in [-0.2, 0) is 4.74 Å². The molecule has 1 N–H and O–H groups in total. The van der Waals surface area contributed by atoms with E-state index in [1.165, 1.54) is 18.6 Å². The van der Waals surface area contributed by atoms with Crippen LogP contribution in [-0.4, -0.2) is 29.2 Å². The van der Waals surface area contributed by atoms with Crippen molar-refractivity contribution in [1.29, 1.82) is 0 Å². The Morgan fingerprint density at radius 2 is 1.78 bits per heavy atom. The minimum absolute atomic E-state index is 0.352. The van der Waals surface area contributed by atoms with Crippen molar-refractivity contribution in [1.82, 2.24) is 5.32 Å². The summed E-state index contributed by atoms with van der Waals surface area (Å²) in [6.07, 6.45) is 12.1. The van der Waals surface area contributed by atoms with E-state index < -0.39 is 0 Å². The number of unbranched alkanes of at least 4 members (excludes halogenated alkanes) is 1. The first-order chi connectivity index (χ1) is 10.7. The lowest BCUT2D eigenvalue weighted by Gasteiger charge is -2.19. The van der Waals surface area contributed by atoms with Crippen molar-refractivity contribution in [3.05, 3.63) is 12.7 Å². The molecule has 0 spiro atoms. The smallest absolute Gasteiger partial charge is 0.407 e. The molecule has 23 heavy (non-hydrogen) atoms. The third kappa shape index (κ3) is 44.9. The van der Waals surface area contributed by atoms with Crippen molar-refractivity contribution >= 4 is 17.9 Å². The van der Waals surface area contributed by atoms with E-state index in [2.05, 4.69) is 38.6 Å². The molecular formula is C19H39NO2S. The van der Waals surface area contributed by atoms with E-state index in [1.807, 2.05) is 59.4 Å². The third-order valence-electron chi connectivity index (χ3n) is 1.72. The standard InChI is InChI=1S/C8H16S.C7H15NO2.C2H6.C2H2/c1-4-5-6-7-9-8(2)3;1-5-8-6(9)10-7(2,3)4;2*1-2/h4,8H,1,5-7H2,2-3H3;5H2,1-4H3,(H,8,9);1-2H3;1-2H. The van der Waals surface area contributed by atoms with Crippen molar-refractivity contribution in [3.8, 4) is 12.8 Å². The van der Waals surface area contributed by atoms with Crippen LogP contribution in [0.4, 0.5) is 4.79 Å². The number of ether oxygens (including phenoxy) is 1. The summed E-state index contributed by atoms with van der Waals surface area (Å²) < 4.78 is 4.93. The molecule has 4 heteroatoms. The zero-order valence-corrected chi connectivity index (χ0v) is 17.4. The van der Waals surface area contributed by atoms with Crippen molar-refractivity contribution in [2.75, 3.05) is 12.3 Å². The number of alkyl carbamates (subject to hydrolysis) is 1. The van der Waals surface area contributed by atoms with E-state index >= 15 is 0 Å². The molecule has 0 aromatic heterocycles. The van der Waals surface area contributed by atoms with Gasteiger partial charge in [-0.1, -0.05) is 33.8 Å². The first-order valence-corrected chi connectivity index (χ1v) is 9.30. The molecular weight excluding hydrogens is 306 g/mol. The average molecular weight is 346 g/mol. The summed E-state index contributed by atoms with van der Waals surface area (Å²) in [7, 11) is 0. The van der Waals surface area contributed by atoms with Gasteiger partial charge in [-0.3, -0.25) is 0 Å². The molecule has 0 aromatic rings. The van der Waals surface area contributed by atoms with E-state index in [0.717, 1.165) is 5.25 Å². The maximum atomic E-state index is 10.7. The molecule has 0 heterocycles. The molecule has 0 radical (unpaired) electrons. The summed E-state index contributed by atoms with van der Waals surface area (Å²) in [6, 6.07) is 0. The van der Waals surface area contributed by atoms with Gasteiger partial charge < -0.3 is 10.1 Å². The Bertz CT molecular complexity index is 268. The van der Waals surface area contributed by atoms with Gasteiger partial charge in [0.1, 0.15) is 5.60 Å². The van der Waals surface area contributed by atoms with Crippen LogP contribution in [0.5, 0.6) is 0 Å². The first kappa shape index (κ1) is 29.9. The molecule has 0 unspecified atom stereocenters. The fourth-order valence-electron chi connectivity index (χ4n) is 1.01. The van der Waals surface area contributed by atoms with E-state index in [0.29, 0.717) is 6.54 Å². The summed E-state index contributed by atoms with van der Waals surface area (Å²) >= 11 is 2.02. The molecule has 0 aliphatic heterocycles. The molecule has 0 atom stereocenters. The molecule has 0 aliphatic rings. The van der Waals surface area contributed by atoms with Gasteiger partial charge in [0.05, 0.1) is 0 Å². The van der Waals surface area contributed by atoms with Gasteiger partial charge in [-0.05, 0) is 51.5 Å². The van der Waals surface area contributed by atoms with Crippen LogP contribution in [0.25, 0.3) is 0 Å². The van der Waals surface area contributed by atoms with Crippen molar-refractivity contribution < 1.29 is 9.53 Å². The number of carbonyl (C=O) groups is 1. The first-order valence-electron chi connectivity index (χ1n) is 8.25. The van der Waals surface area contributed by atoms with Gasteiger partial charge in [-0.15, -0.1) is 19.4 Å². The minimum Gasteiger partial charge on any atom is -0.444 e. The topological polar surface area (TPSA) is 38.3 Å². The van der Waals surface area contributed by atoms with E-state index in [1.54, 1.807) is 0 Å². The van der Waals surface area contributed by atoms with E-state index in [4.69, 9.17) is 4.74 Å². The Balaban J connectivity index is -0.000000129. The SMILES string of the molecule is C#C.C=CCCCSC(C)C.CC.CCNC(=O)OC(C)(C)C. The zero-order chi connectivity index (χ0) is 19.3. The summed E-state index contributed by atoms with van der Waals surface area (Å²) in [4.78, 5) is 10.7. The molecule has 0 fully saturated rings. The largest absolute Gasteiger partial charge is 0.444 e. The van der Waals surface area contributed by atoms with Gasteiger partial charge in [-0.2, -0.15) is 11.8 Å². The van der Waals surface area contributed by atoms with Crippen LogP contribution in [0.15, 0.2) is 12.7 Å². The number of hydrogen-bond acceptors (Lipinski definition) is 3. The van der Waals surface area contributed by atoms with Gasteiger partial charge in [0.15, 0.2) is 0 Å². The highest BCUT2D eigenvalue weighted by Gasteiger charge is 2.14. The van der Waals surface area contributed by atoms with Crippen LogP contribution in [0.1, 0.15) is 68.2 Å². The number of rotatable bonds is 6. The number of hydrogen-bond donors (Lipinski definition) is 1. The maximum Gasteiger partial charge on any atom is 0.407 e. The monoisotopic (exact) mass is 345 g/mol. The highest BCUT2D eigenvalue weighted by atomic mass is 32.2. The zero-order valence-electron chi connectivity index (χ0n) is 16.6. The molecule has 3 nitrogen and oxygen atoms in total. The predicted octanol–water partition coefficient (Wildman–Crippen LogP) is 5.90. The summed E-state index contributed by atoms with van der Waals surface area (Å²) in [5.74, 6) is 1.28. The number of amides is 1. The minimum atomic E-state index is -0.390. The highest BCUT2D eigenvalue weighted by molar-refractivity contribution is 7.99. The molecule has 138 valence electrons. The van der Waals surface area contributed by atoms with Crippen LogP contribution in [0.2, 0.25) is 0 Å². The number of allylic oxidation sites excluding steroid dienone is 1. The second kappa shape index (κ2) is 23.2. The van der Waals surface area contributed by atoms with Crippen molar-refractivity contribution in [2.45, 2.75) is 79.1 Å². The fraction of sp³-hybridized carbons (Fsp3) is 0.737. The fourth-order valence-corrected chi connectivity index (χ4v) is 1.81. The Morgan fingerprint density at radius 1 is 1.30 bits per heavy atom. The average Bonchev–Trinajstić information content (AvgIpc) is 2.47. The van der Waals surface area contributed by atoms with Crippen molar-refractivity contribution in [2.24, 2.45) is 0 Å². The van der Waals surface area contributed by atoms with Crippen LogP contribution >= 0.6 is 11.8 Å². The predicted molar refractivity (Wildman–Crippen MR) is 108 cm³/mol. The lowest BCUT2D eigenvalue weighted by molar-refractivity contribution is 0.0531. The summed E-state index contributed by atoms with van der Waals surface area (Å²) in [6.45, 7) is 20.1. The van der Waals surface area contributed by atoms with E-state index in [-0.39, 0.29) is 11.7 Å². The normalized spacial score (nSPS) is 9.00. The molecule has 0 aliphatic carbocycles. The van der Waals surface area contributed by atoms with Crippen molar-refractivity contribution in [3.63, 3.8) is 0 Å². The lowest BCUT2D eigenvalue weighted by atomic mass is 10.2. The van der Waals surface area contributed by atoms with Gasteiger partial charge in [0, 0.05) is 6.54 Å². The Labute approximate surface area is 150 Å². The Morgan fingerprint density at radius 3 is 2.09 bits per heavy atom. The van der Waals surface area contributed by atoms with Gasteiger partial charge in [0.2, 0.25) is 0 Å². The Kier molecular flexibility index (Phi) is 30.1. The maximum absolute atomic E-state index is 10.7. The Hall–Kier alpha value is -1.08. The number of thioether (sulfide) groups is 1. The molecule has 0 rings (SSSR count). The lowest BCUT2D eigenvalue weighted by Crippen LogP contribution is -2.32. The van der Waals surface area contributed by atoms with Crippen LogP contribution < -0.4 is 5.32 Å². The number of terminal acetylenes is 1. The quantitative estimate of drug-likeness (QED) is 0.370. The van der Waals surface area contributed by atoms with Gasteiger partial charge in [0.25, 0.3) is 0 Å². The highest BCUT2D eigenvalue weighted by Crippen LogP contribution is 2.11. The van der Waals surface area contributed by atoms with E-state index in [9.17, 15) is 4.79 Å².